The van der Waals surface area contributed by atoms with Crippen molar-refractivity contribution < 1.29 is 19.2 Å². The van der Waals surface area contributed by atoms with Gasteiger partial charge in [0, 0.05) is 29.6 Å². The average Bonchev–Trinajstić information content (AvgIpc) is 2.53. The molecule has 0 saturated heterocycles. The fourth-order valence-corrected chi connectivity index (χ4v) is 2.74. The molecule has 138 valence electrons. The summed E-state index contributed by atoms with van der Waals surface area (Å²) in [6.45, 7) is 7.09. The van der Waals surface area contributed by atoms with E-state index in [0.29, 0.717) is 28.6 Å². The summed E-state index contributed by atoms with van der Waals surface area (Å²) in [5, 5.41) is 11.6. The zero-order valence-corrected chi connectivity index (χ0v) is 15.3. The molecule has 1 aromatic carbocycles. The normalized spacial score (nSPS) is 12.6. The molecule has 1 heterocycles. The number of carbonyl (C=O) groups excluding carboxylic acids is 2. The summed E-state index contributed by atoms with van der Waals surface area (Å²) in [5.74, 6) is -1.03. The number of aldehydes is 1. The van der Waals surface area contributed by atoms with Crippen LogP contribution >= 0.6 is 0 Å². The molecule has 0 fully saturated rings. The molecule has 0 N–H and O–H groups in total. The lowest BCUT2D eigenvalue weighted by atomic mass is 9.92. The van der Waals surface area contributed by atoms with Gasteiger partial charge in [0.05, 0.1) is 16.4 Å². The van der Waals surface area contributed by atoms with E-state index in [1.54, 1.807) is 39.8 Å². The maximum Gasteiger partial charge on any atom is 0.314 e. The molecular weight excluding hydrogens is 336 g/mol. The molecule has 1 aromatic heterocycles. The number of rotatable bonds is 6. The molecule has 0 aliphatic heterocycles. The first-order valence-corrected chi connectivity index (χ1v) is 8.34. The second-order valence-corrected chi connectivity index (χ2v) is 7.13. The van der Waals surface area contributed by atoms with Crippen LogP contribution in [-0.2, 0) is 14.3 Å². The van der Waals surface area contributed by atoms with Gasteiger partial charge in [-0.25, -0.2) is 0 Å². The van der Waals surface area contributed by atoms with Crippen molar-refractivity contribution in [3.05, 3.63) is 45.6 Å². The number of hydrogen-bond donors (Lipinski definition) is 0. The van der Waals surface area contributed by atoms with E-state index in [-0.39, 0.29) is 12.1 Å². The highest BCUT2D eigenvalue weighted by Gasteiger charge is 2.28. The van der Waals surface area contributed by atoms with Crippen LogP contribution in [0.4, 0.5) is 5.69 Å². The lowest BCUT2D eigenvalue weighted by Gasteiger charge is -2.24. The number of aromatic nitrogens is 1. The van der Waals surface area contributed by atoms with Gasteiger partial charge in [0.25, 0.3) is 5.69 Å². The van der Waals surface area contributed by atoms with Crippen molar-refractivity contribution in [3.8, 4) is 0 Å². The Hall–Kier alpha value is -2.83. The van der Waals surface area contributed by atoms with Crippen molar-refractivity contribution in [3.63, 3.8) is 0 Å². The number of nitro groups is 1. The van der Waals surface area contributed by atoms with Gasteiger partial charge in [-0.3, -0.25) is 19.9 Å². The van der Waals surface area contributed by atoms with Crippen LogP contribution in [0.5, 0.6) is 0 Å². The van der Waals surface area contributed by atoms with E-state index >= 15 is 0 Å². The van der Waals surface area contributed by atoms with E-state index in [1.165, 1.54) is 12.1 Å². The predicted molar refractivity (Wildman–Crippen MR) is 97.0 cm³/mol. The molecule has 2 rings (SSSR count). The Balaban J connectivity index is 2.49. The number of fused-ring (bicyclic) bond motifs is 1. The standard InChI is InChI=1S/C19H22N2O5/c1-12-16(15(6-5-9-22)18(23)26-19(2,3)4)10-13-7-8-14(21(24)25)11-17(13)20-12/h7-11,15H,5-6H2,1-4H3. The van der Waals surface area contributed by atoms with E-state index in [9.17, 15) is 19.7 Å². The van der Waals surface area contributed by atoms with Crippen LogP contribution in [0.15, 0.2) is 24.3 Å². The average molecular weight is 358 g/mol. The van der Waals surface area contributed by atoms with Crippen molar-refractivity contribution in [1.29, 1.82) is 0 Å². The van der Waals surface area contributed by atoms with E-state index < -0.39 is 22.4 Å². The molecule has 0 spiro atoms. The third-order valence-corrected chi connectivity index (χ3v) is 3.88. The van der Waals surface area contributed by atoms with Crippen LogP contribution in [0.2, 0.25) is 0 Å². The van der Waals surface area contributed by atoms with Crippen LogP contribution in [0.1, 0.15) is 50.8 Å². The summed E-state index contributed by atoms with van der Waals surface area (Å²) in [7, 11) is 0. The first-order chi connectivity index (χ1) is 12.1. The summed E-state index contributed by atoms with van der Waals surface area (Å²) < 4.78 is 5.50. The summed E-state index contributed by atoms with van der Waals surface area (Å²) in [5.41, 5.74) is 1.05. The first-order valence-electron chi connectivity index (χ1n) is 8.34. The highest BCUT2D eigenvalue weighted by Crippen LogP contribution is 2.30. The highest BCUT2D eigenvalue weighted by molar-refractivity contribution is 5.85. The number of carbonyl (C=O) groups is 2. The predicted octanol–water partition coefficient (Wildman–Crippen LogP) is 3.86. The van der Waals surface area contributed by atoms with Gasteiger partial charge in [0.15, 0.2) is 0 Å². The monoisotopic (exact) mass is 358 g/mol. The second kappa shape index (κ2) is 7.59. The maximum absolute atomic E-state index is 12.6. The van der Waals surface area contributed by atoms with Crippen molar-refractivity contribution in [2.24, 2.45) is 0 Å². The van der Waals surface area contributed by atoms with Gasteiger partial charge in [-0.2, -0.15) is 0 Å². The second-order valence-electron chi connectivity index (χ2n) is 7.13. The lowest BCUT2D eigenvalue weighted by Crippen LogP contribution is -2.28. The molecule has 1 unspecified atom stereocenters. The number of benzene rings is 1. The Kier molecular flexibility index (Phi) is 5.69. The molecule has 7 heteroatoms. The Morgan fingerprint density at radius 2 is 2.04 bits per heavy atom. The number of nitrogens with zero attached hydrogens (tertiary/aromatic N) is 2. The zero-order chi connectivity index (χ0) is 19.5. The molecule has 2 aromatic rings. The zero-order valence-electron chi connectivity index (χ0n) is 15.3. The van der Waals surface area contributed by atoms with Crippen molar-refractivity contribution >= 4 is 28.8 Å². The van der Waals surface area contributed by atoms with Crippen LogP contribution in [0.25, 0.3) is 10.9 Å². The van der Waals surface area contributed by atoms with Gasteiger partial charge < -0.3 is 9.53 Å². The number of esters is 1. The summed E-state index contributed by atoms with van der Waals surface area (Å²) >= 11 is 0. The van der Waals surface area contributed by atoms with Gasteiger partial charge in [0.2, 0.25) is 0 Å². The first kappa shape index (κ1) is 19.5. The van der Waals surface area contributed by atoms with E-state index in [1.807, 2.05) is 0 Å². The molecule has 0 aliphatic rings. The minimum Gasteiger partial charge on any atom is -0.459 e. The summed E-state index contributed by atoms with van der Waals surface area (Å²) in [6, 6.07) is 6.20. The van der Waals surface area contributed by atoms with Crippen LogP contribution in [-0.4, -0.2) is 27.8 Å². The largest absolute Gasteiger partial charge is 0.459 e. The highest BCUT2D eigenvalue weighted by atomic mass is 16.6. The van der Waals surface area contributed by atoms with Crippen molar-refractivity contribution in [2.45, 2.75) is 52.1 Å². The molecule has 0 aliphatic carbocycles. The van der Waals surface area contributed by atoms with Crippen LogP contribution in [0, 0.1) is 17.0 Å². The molecular formula is C19H22N2O5. The molecule has 0 bridgehead atoms. The SMILES string of the molecule is Cc1nc2cc([N+](=O)[O-])ccc2cc1C(CCC=O)C(=O)OC(C)(C)C. The fourth-order valence-electron chi connectivity index (χ4n) is 2.74. The Morgan fingerprint density at radius 3 is 2.62 bits per heavy atom. The third kappa shape index (κ3) is 4.62. The number of nitro benzene ring substituents is 1. The maximum atomic E-state index is 12.6. The van der Waals surface area contributed by atoms with E-state index in [4.69, 9.17) is 4.74 Å². The molecule has 0 radical (unpaired) electrons. The van der Waals surface area contributed by atoms with Crippen LogP contribution < -0.4 is 0 Å². The Labute approximate surface area is 151 Å². The topological polar surface area (TPSA) is 99.4 Å². The third-order valence-electron chi connectivity index (χ3n) is 3.88. The minimum absolute atomic E-state index is 0.0400. The number of non-ortho nitro benzene ring substituents is 1. The lowest BCUT2D eigenvalue weighted by molar-refractivity contribution is -0.384. The molecule has 26 heavy (non-hydrogen) atoms. The van der Waals surface area contributed by atoms with Crippen LogP contribution in [0.3, 0.4) is 0 Å². The Bertz CT molecular complexity index is 855. The van der Waals surface area contributed by atoms with Gasteiger partial charge in [0.1, 0.15) is 11.9 Å². The smallest absolute Gasteiger partial charge is 0.314 e. The van der Waals surface area contributed by atoms with E-state index in [2.05, 4.69) is 4.98 Å². The number of hydrogen-bond acceptors (Lipinski definition) is 6. The molecule has 0 amide bonds. The number of pyridine rings is 1. The van der Waals surface area contributed by atoms with Crippen molar-refractivity contribution in [2.75, 3.05) is 0 Å². The molecule has 1 atom stereocenters. The fraction of sp³-hybridized carbons (Fsp3) is 0.421. The van der Waals surface area contributed by atoms with Gasteiger partial charge in [-0.15, -0.1) is 0 Å². The number of aryl methyl sites for hydroxylation is 1. The molecule has 7 nitrogen and oxygen atoms in total. The Morgan fingerprint density at radius 1 is 1.35 bits per heavy atom. The van der Waals surface area contributed by atoms with E-state index in [0.717, 1.165) is 6.29 Å². The van der Waals surface area contributed by atoms with Gasteiger partial charge in [-0.1, -0.05) is 0 Å². The molecule has 0 saturated carbocycles. The quantitative estimate of drug-likeness (QED) is 0.336. The van der Waals surface area contributed by atoms with Crippen molar-refractivity contribution in [1.82, 2.24) is 4.98 Å². The minimum atomic E-state index is -0.644. The number of ether oxygens (including phenoxy) is 1. The summed E-state index contributed by atoms with van der Waals surface area (Å²) in [4.78, 5) is 38.3. The summed E-state index contributed by atoms with van der Waals surface area (Å²) in [6.07, 6.45) is 1.31. The van der Waals surface area contributed by atoms with Gasteiger partial charge >= 0.3 is 5.97 Å². The van der Waals surface area contributed by atoms with Gasteiger partial charge in [-0.05, 0) is 51.8 Å².